The summed E-state index contributed by atoms with van der Waals surface area (Å²) in [6, 6.07) is 0. The van der Waals surface area contributed by atoms with Crippen molar-refractivity contribution in [1.82, 2.24) is 0 Å². The first kappa shape index (κ1) is 14.6. The Morgan fingerprint density at radius 2 is 1.50 bits per heavy atom. The highest BCUT2D eigenvalue weighted by Gasteiger charge is 2.25. The maximum absolute atomic E-state index is 13.6. The van der Waals surface area contributed by atoms with Crippen LogP contribution in [0.3, 0.4) is 0 Å². The largest absolute Gasteiger partial charge is 0.463 e. The molecular weight excluding hydrogens is 215 g/mol. The first-order valence-electron chi connectivity index (χ1n) is 5.19. The lowest BCUT2D eigenvalue weighted by molar-refractivity contribution is -0.143. The lowest BCUT2D eigenvalue weighted by Crippen LogP contribution is -2.18. The summed E-state index contributed by atoms with van der Waals surface area (Å²) in [4.78, 5) is 22.5. The summed E-state index contributed by atoms with van der Waals surface area (Å²) in [6.07, 6.45) is 0. The van der Waals surface area contributed by atoms with Gasteiger partial charge >= 0.3 is 11.9 Å². The molecule has 16 heavy (non-hydrogen) atoms. The average Bonchev–Trinajstić information content (AvgIpc) is 2.17. The molecule has 0 aromatic carbocycles. The van der Waals surface area contributed by atoms with Gasteiger partial charge < -0.3 is 9.47 Å². The molecule has 0 aliphatic heterocycles. The molecule has 0 rings (SSSR count). The standard InChI is InChI=1S/C11H17FO4/c1-5-15-10(13)8(7(3)4)9(12)11(14)16-6-2/h7H,5-6H2,1-4H3/b9-8+. The summed E-state index contributed by atoms with van der Waals surface area (Å²) in [5, 5.41) is 0. The Morgan fingerprint density at radius 1 is 1.06 bits per heavy atom. The van der Waals surface area contributed by atoms with E-state index in [9.17, 15) is 14.0 Å². The molecule has 92 valence electrons. The maximum Gasteiger partial charge on any atom is 0.367 e. The molecule has 0 heterocycles. The van der Waals surface area contributed by atoms with Crippen molar-refractivity contribution in [3.05, 3.63) is 11.4 Å². The van der Waals surface area contributed by atoms with Gasteiger partial charge in [0.1, 0.15) is 0 Å². The number of ether oxygens (including phenoxy) is 2. The minimum Gasteiger partial charge on any atom is -0.463 e. The van der Waals surface area contributed by atoms with Crippen molar-refractivity contribution in [2.75, 3.05) is 13.2 Å². The minimum absolute atomic E-state index is 0.0560. The third kappa shape index (κ3) is 4.00. The van der Waals surface area contributed by atoms with Crippen LogP contribution in [0.2, 0.25) is 0 Å². The Bertz CT molecular complexity index is 294. The van der Waals surface area contributed by atoms with Crippen LogP contribution in [0, 0.1) is 5.92 Å². The number of carbonyl (C=O) groups excluding carboxylic acids is 2. The van der Waals surface area contributed by atoms with E-state index in [4.69, 9.17) is 0 Å². The smallest absolute Gasteiger partial charge is 0.367 e. The lowest BCUT2D eigenvalue weighted by Gasteiger charge is -2.11. The third-order valence-corrected chi connectivity index (χ3v) is 1.76. The molecule has 0 radical (unpaired) electrons. The number of halogens is 1. The molecular formula is C11H17FO4. The van der Waals surface area contributed by atoms with E-state index >= 15 is 0 Å². The van der Waals surface area contributed by atoms with Crippen molar-refractivity contribution in [2.45, 2.75) is 27.7 Å². The predicted octanol–water partition coefficient (Wildman–Crippen LogP) is 1.99. The maximum atomic E-state index is 13.6. The first-order chi connectivity index (χ1) is 7.45. The van der Waals surface area contributed by atoms with Crippen molar-refractivity contribution in [3.63, 3.8) is 0 Å². The van der Waals surface area contributed by atoms with Gasteiger partial charge in [-0.3, -0.25) is 0 Å². The molecule has 5 heteroatoms. The number of carbonyl (C=O) groups is 2. The molecule has 0 atom stereocenters. The van der Waals surface area contributed by atoms with Gasteiger partial charge in [0.15, 0.2) is 0 Å². The van der Waals surface area contributed by atoms with Crippen LogP contribution < -0.4 is 0 Å². The number of hydrogen-bond acceptors (Lipinski definition) is 4. The highest BCUT2D eigenvalue weighted by atomic mass is 19.1. The number of esters is 2. The molecule has 0 aliphatic carbocycles. The van der Waals surface area contributed by atoms with Crippen LogP contribution in [0.5, 0.6) is 0 Å². The van der Waals surface area contributed by atoms with E-state index in [1.165, 1.54) is 0 Å². The molecule has 0 aromatic rings. The van der Waals surface area contributed by atoms with Gasteiger partial charge in [0.25, 0.3) is 0 Å². The van der Waals surface area contributed by atoms with Gasteiger partial charge in [-0.15, -0.1) is 0 Å². The summed E-state index contributed by atoms with van der Waals surface area (Å²) in [5.41, 5.74) is -0.277. The summed E-state index contributed by atoms with van der Waals surface area (Å²) >= 11 is 0. The molecule has 0 bridgehead atoms. The van der Waals surface area contributed by atoms with Crippen LogP contribution >= 0.6 is 0 Å². The fourth-order valence-corrected chi connectivity index (χ4v) is 1.09. The van der Waals surface area contributed by atoms with Crippen LogP contribution in [0.1, 0.15) is 27.7 Å². The van der Waals surface area contributed by atoms with Crippen LogP contribution in [-0.2, 0) is 19.1 Å². The molecule has 0 saturated carbocycles. The Balaban J connectivity index is 5.07. The molecule has 4 nitrogen and oxygen atoms in total. The zero-order valence-corrected chi connectivity index (χ0v) is 10.0. The van der Waals surface area contributed by atoms with E-state index in [1.54, 1.807) is 27.7 Å². The molecule has 0 saturated heterocycles. The lowest BCUT2D eigenvalue weighted by atomic mass is 10.0. The monoisotopic (exact) mass is 232 g/mol. The summed E-state index contributed by atoms with van der Waals surface area (Å²) in [7, 11) is 0. The van der Waals surface area contributed by atoms with E-state index in [1.807, 2.05) is 0 Å². The Morgan fingerprint density at radius 3 is 1.88 bits per heavy atom. The summed E-state index contributed by atoms with van der Waals surface area (Å²) in [6.45, 7) is 6.56. The van der Waals surface area contributed by atoms with E-state index < -0.39 is 23.7 Å². The molecule has 0 spiro atoms. The first-order valence-corrected chi connectivity index (χ1v) is 5.19. The number of hydrogen-bond donors (Lipinski definition) is 0. The van der Waals surface area contributed by atoms with Crippen LogP contribution in [0.25, 0.3) is 0 Å². The van der Waals surface area contributed by atoms with Gasteiger partial charge in [-0.2, -0.15) is 4.39 Å². The fourth-order valence-electron chi connectivity index (χ4n) is 1.09. The quantitative estimate of drug-likeness (QED) is 0.537. The second-order valence-corrected chi connectivity index (χ2v) is 3.32. The molecule has 0 amide bonds. The average molecular weight is 232 g/mol. The van der Waals surface area contributed by atoms with Crippen LogP contribution in [0.15, 0.2) is 11.4 Å². The molecule has 0 aliphatic rings. The van der Waals surface area contributed by atoms with Gasteiger partial charge in [0.05, 0.1) is 18.8 Å². The van der Waals surface area contributed by atoms with Crippen molar-refractivity contribution < 1.29 is 23.5 Å². The minimum atomic E-state index is -1.17. The molecule has 0 aromatic heterocycles. The van der Waals surface area contributed by atoms with Crippen molar-refractivity contribution in [3.8, 4) is 0 Å². The van der Waals surface area contributed by atoms with Crippen molar-refractivity contribution in [1.29, 1.82) is 0 Å². The molecule has 0 N–H and O–H groups in total. The highest BCUT2D eigenvalue weighted by molar-refractivity contribution is 5.99. The van der Waals surface area contributed by atoms with Crippen molar-refractivity contribution in [2.24, 2.45) is 5.92 Å². The van der Waals surface area contributed by atoms with E-state index in [2.05, 4.69) is 9.47 Å². The van der Waals surface area contributed by atoms with Gasteiger partial charge in [-0.1, -0.05) is 13.8 Å². The zero-order valence-electron chi connectivity index (χ0n) is 10.0. The SMILES string of the molecule is CCOC(=O)/C(F)=C(\C(=O)OCC)C(C)C. The summed E-state index contributed by atoms with van der Waals surface area (Å²) in [5.74, 6) is -3.55. The molecule has 0 unspecified atom stereocenters. The topological polar surface area (TPSA) is 52.6 Å². The van der Waals surface area contributed by atoms with E-state index in [-0.39, 0.29) is 18.8 Å². The second-order valence-electron chi connectivity index (χ2n) is 3.32. The fraction of sp³-hybridized carbons (Fsp3) is 0.636. The van der Waals surface area contributed by atoms with Gasteiger partial charge in [0.2, 0.25) is 5.83 Å². The van der Waals surface area contributed by atoms with Gasteiger partial charge in [-0.05, 0) is 19.8 Å². The molecule has 0 fully saturated rings. The zero-order chi connectivity index (χ0) is 12.7. The van der Waals surface area contributed by atoms with E-state index in [0.29, 0.717) is 0 Å². The van der Waals surface area contributed by atoms with Gasteiger partial charge in [-0.25, -0.2) is 9.59 Å². The van der Waals surface area contributed by atoms with Gasteiger partial charge in [0, 0.05) is 0 Å². The Labute approximate surface area is 94.4 Å². The van der Waals surface area contributed by atoms with Crippen LogP contribution in [0.4, 0.5) is 4.39 Å². The second kappa shape index (κ2) is 6.98. The van der Waals surface area contributed by atoms with Crippen LogP contribution in [-0.4, -0.2) is 25.2 Å². The summed E-state index contributed by atoms with van der Waals surface area (Å²) < 4.78 is 22.7. The number of rotatable bonds is 5. The van der Waals surface area contributed by atoms with Crippen molar-refractivity contribution >= 4 is 11.9 Å². The Hall–Kier alpha value is -1.39. The predicted molar refractivity (Wildman–Crippen MR) is 56.2 cm³/mol. The highest BCUT2D eigenvalue weighted by Crippen LogP contribution is 2.19. The normalized spacial score (nSPS) is 12.1. The van der Waals surface area contributed by atoms with E-state index in [0.717, 1.165) is 0 Å². The Kier molecular flexibility index (Phi) is 6.37. The third-order valence-electron chi connectivity index (χ3n) is 1.76.